The van der Waals surface area contributed by atoms with E-state index in [0.29, 0.717) is 11.5 Å². The number of aryl methyl sites for hydroxylation is 1. The van der Waals surface area contributed by atoms with Crippen molar-refractivity contribution in [2.75, 3.05) is 25.1 Å². The SMILES string of the molecule is Cc1nsc(NCC2CCOC2)c1C#N. The maximum Gasteiger partial charge on any atom is 0.127 e. The Kier molecular flexibility index (Phi) is 3.19. The average Bonchev–Trinajstić information content (AvgIpc) is 2.84. The lowest BCUT2D eigenvalue weighted by Crippen LogP contribution is -2.13. The van der Waals surface area contributed by atoms with Crippen molar-refractivity contribution in [2.45, 2.75) is 13.3 Å². The molecule has 4 nitrogen and oxygen atoms in total. The fourth-order valence-electron chi connectivity index (χ4n) is 1.60. The maximum atomic E-state index is 8.93. The topological polar surface area (TPSA) is 57.9 Å². The molecule has 0 aromatic carbocycles. The minimum atomic E-state index is 0.568. The van der Waals surface area contributed by atoms with Gasteiger partial charge >= 0.3 is 0 Å². The molecule has 2 heterocycles. The summed E-state index contributed by atoms with van der Waals surface area (Å²) in [6.07, 6.45) is 1.10. The molecule has 0 radical (unpaired) electrons. The third-order valence-corrected chi connectivity index (χ3v) is 3.45. The second kappa shape index (κ2) is 4.60. The van der Waals surface area contributed by atoms with Gasteiger partial charge in [0.2, 0.25) is 0 Å². The lowest BCUT2D eigenvalue weighted by Gasteiger charge is -2.08. The van der Waals surface area contributed by atoms with Crippen LogP contribution >= 0.6 is 11.5 Å². The van der Waals surface area contributed by atoms with E-state index in [1.807, 2.05) is 6.92 Å². The third kappa shape index (κ3) is 2.28. The standard InChI is InChI=1S/C10H13N3OS/c1-7-9(4-11)10(15-13-7)12-5-8-2-3-14-6-8/h8,12H,2-3,5-6H2,1H3. The Hall–Kier alpha value is -1.12. The van der Waals surface area contributed by atoms with Gasteiger partial charge in [0.15, 0.2) is 0 Å². The van der Waals surface area contributed by atoms with E-state index in [4.69, 9.17) is 10.00 Å². The molecular weight excluding hydrogens is 210 g/mol. The number of nitriles is 1. The molecule has 1 aromatic heterocycles. The number of nitrogens with one attached hydrogen (secondary N) is 1. The van der Waals surface area contributed by atoms with Gasteiger partial charge in [-0.1, -0.05) is 0 Å². The lowest BCUT2D eigenvalue weighted by molar-refractivity contribution is 0.187. The van der Waals surface area contributed by atoms with Crippen molar-refractivity contribution in [3.05, 3.63) is 11.3 Å². The Morgan fingerprint density at radius 1 is 1.73 bits per heavy atom. The fourth-order valence-corrected chi connectivity index (χ4v) is 2.36. The molecule has 1 N–H and O–H groups in total. The van der Waals surface area contributed by atoms with E-state index >= 15 is 0 Å². The Balaban J connectivity index is 1.95. The van der Waals surface area contributed by atoms with E-state index in [9.17, 15) is 0 Å². The average molecular weight is 223 g/mol. The Morgan fingerprint density at radius 2 is 2.60 bits per heavy atom. The van der Waals surface area contributed by atoms with E-state index < -0.39 is 0 Å². The summed E-state index contributed by atoms with van der Waals surface area (Å²) in [4.78, 5) is 0. The van der Waals surface area contributed by atoms with Gasteiger partial charge in [-0.2, -0.15) is 9.64 Å². The van der Waals surface area contributed by atoms with E-state index in [2.05, 4.69) is 15.8 Å². The monoisotopic (exact) mass is 223 g/mol. The zero-order chi connectivity index (χ0) is 10.7. The van der Waals surface area contributed by atoms with Gasteiger partial charge in [0.05, 0.1) is 12.3 Å². The summed E-state index contributed by atoms with van der Waals surface area (Å²) in [7, 11) is 0. The minimum absolute atomic E-state index is 0.568. The first-order chi connectivity index (χ1) is 7.31. The van der Waals surface area contributed by atoms with Gasteiger partial charge < -0.3 is 10.1 Å². The van der Waals surface area contributed by atoms with E-state index in [-0.39, 0.29) is 0 Å². The number of hydrogen-bond donors (Lipinski definition) is 1. The van der Waals surface area contributed by atoms with Gasteiger partial charge in [0.25, 0.3) is 0 Å². The van der Waals surface area contributed by atoms with Crippen molar-refractivity contribution < 1.29 is 4.74 Å². The van der Waals surface area contributed by atoms with Gasteiger partial charge in [-0.15, -0.1) is 0 Å². The second-order valence-corrected chi connectivity index (χ2v) is 4.47. The number of aromatic nitrogens is 1. The van der Waals surface area contributed by atoms with Crippen LogP contribution in [0.25, 0.3) is 0 Å². The van der Waals surface area contributed by atoms with Crippen LogP contribution in [0.15, 0.2) is 0 Å². The van der Waals surface area contributed by atoms with Crippen LogP contribution in [0, 0.1) is 24.2 Å². The molecule has 1 fully saturated rings. The smallest absolute Gasteiger partial charge is 0.127 e. The molecule has 0 spiro atoms. The minimum Gasteiger partial charge on any atom is -0.381 e. The highest BCUT2D eigenvalue weighted by Gasteiger charge is 2.17. The summed E-state index contributed by atoms with van der Waals surface area (Å²) >= 11 is 1.36. The molecule has 0 amide bonds. The number of hydrogen-bond acceptors (Lipinski definition) is 5. The summed E-state index contributed by atoms with van der Waals surface area (Å²) < 4.78 is 9.45. The van der Waals surface area contributed by atoms with Crippen LogP contribution in [0.1, 0.15) is 17.7 Å². The molecular formula is C10H13N3OS. The summed E-state index contributed by atoms with van der Waals surface area (Å²) in [5, 5.41) is 13.1. The predicted octanol–water partition coefficient (Wildman–Crippen LogP) is 1.77. The van der Waals surface area contributed by atoms with Crippen LogP contribution < -0.4 is 5.32 Å². The first-order valence-corrected chi connectivity index (χ1v) is 5.76. The van der Waals surface area contributed by atoms with Crippen LogP contribution in [0.4, 0.5) is 5.00 Å². The number of nitrogens with zero attached hydrogens (tertiary/aromatic N) is 2. The van der Waals surface area contributed by atoms with Gasteiger partial charge in [-0.05, 0) is 24.9 Å². The Morgan fingerprint density at radius 3 is 3.27 bits per heavy atom. The quantitative estimate of drug-likeness (QED) is 0.848. The van der Waals surface area contributed by atoms with Gasteiger partial charge in [-0.25, -0.2) is 0 Å². The van der Waals surface area contributed by atoms with Crippen LogP contribution in [0.3, 0.4) is 0 Å². The van der Waals surface area contributed by atoms with Crippen molar-refractivity contribution in [3.63, 3.8) is 0 Å². The molecule has 1 saturated heterocycles. The summed E-state index contributed by atoms with van der Waals surface area (Å²) in [6, 6.07) is 2.17. The molecule has 1 aliphatic rings. The molecule has 1 atom stereocenters. The van der Waals surface area contributed by atoms with Crippen LogP contribution in [0.2, 0.25) is 0 Å². The highest BCUT2D eigenvalue weighted by molar-refractivity contribution is 7.10. The molecule has 5 heteroatoms. The molecule has 0 aliphatic carbocycles. The Labute approximate surface area is 93.0 Å². The highest BCUT2D eigenvalue weighted by atomic mass is 32.1. The molecule has 1 aromatic rings. The zero-order valence-electron chi connectivity index (χ0n) is 8.62. The van der Waals surface area contributed by atoms with Crippen molar-refractivity contribution in [3.8, 4) is 6.07 Å². The highest BCUT2D eigenvalue weighted by Crippen LogP contribution is 2.24. The molecule has 1 unspecified atom stereocenters. The predicted molar refractivity (Wildman–Crippen MR) is 59.0 cm³/mol. The number of ether oxygens (including phenoxy) is 1. The van der Waals surface area contributed by atoms with Crippen LogP contribution in [-0.2, 0) is 4.74 Å². The largest absolute Gasteiger partial charge is 0.381 e. The second-order valence-electron chi connectivity index (χ2n) is 3.69. The third-order valence-electron chi connectivity index (χ3n) is 2.55. The van der Waals surface area contributed by atoms with Gasteiger partial charge in [0, 0.05) is 19.1 Å². The molecule has 0 saturated carbocycles. The number of rotatable bonds is 3. The van der Waals surface area contributed by atoms with E-state index in [0.717, 1.165) is 36.9 Å². The first kappa shape index (κ1) is 10.4. The normalized spacial score (nSPS) is 20.1. The maximum absolute atomic E-state index is 8.93. The van der Waals surface area contributed by atoms with Gasteiger partial charge in [0.1, 0.15) is 16.6 Å². The molecule has 2 rings (SSSR count). The molecule has 15 heavy (non-hydrogen) atoms. The molecule has 1 aliphatic heterocycles. The molecule has 80 valence electrons. The number of anilines is 1. The lowest BCUT2D eigenvalue weighted by atomic mass is 10.1. The van der Waals surface area contributed by atoms with E-state index in [1.54, 1.807) is 0 Å². The van der Waals surface area contributed by atoms with Crippen molar-refractivity contribution in [1.82, 2.24) is 4.37 Å². The van der Waals surface area contributed by atoms with Crippen LogP contribution in [0.5, 0.6) is 0 Å². The fraction of sp³-hybridized carbons (Fsp3) is 0.600. The zero-order valence-corrected chi connectivity index (χ0v) is 9.43. The Bertz CT molecular complexity index is 377. The van der Waals surface area contributed by atoms with Crippen molar-refractivity contribution >= 4 is 16.5 Å². The molecule has 0 bridgehead atoms. The van der Waals surface area contributed by atoms with Crippen LogP contribution in [-0.4, -0.2) is 24.1 Å². The summed E-state index contributed by atoms with van der Waals surface area (Å²) in [5.41, 5.74) is 1.49. The first-order valence-electron chi connectivity index (χ1n) is 4.99. The van der Waals surface area contributed by atoms with Crippen molar-refractivity contribution in [2.24, 2.45) is 5.92 Å². The summed E-state index contributed by atoms with van der Waals surface area (Å²) in [5.74, 6) is 0.568. The van der Waals surface area contributed by atoms with Gasteiger partial charge in [-0.3, -0.25) is 0 Å². The van der Waals surface area contributed by atoms with E-state index in [1.165, 1.54) is 11.5 Å². The van der Waals surface area contributed by atoms with Crippen molar-refractivity contribution in [1.29, 1.82) is 5.26 Å². The summed E-state index contributed by atoms with van der Waals surface area (Å²) in [6.45, 7) is 4.42.